The van der Waals surface area contributed by atoms with Crippen LogP contribution < -0.4 is 5.32 Å². The topological polar surface area (TPSA) is 24.9 Å². The smallest absolute Gasteiger partial charge is 0.140 e. The minimum absolute atomic E-state index is 0.569. The number of halogens is 1. The summed E-state index contributed by atoms with van der Waals surface area (Å²) < 4.78 is 1.10. The molecule has 94 valence electrons. The predicted molar refractivity (Wildman–Crippen MR) is 76.3 cm³/mol. The lowest BCUT2D eigenvalue weighted by atomic mass is 9.80. The van der Waals surface area contributed by atoms with Crippen LogP contribution in [0.4, 0.5) is 5.82 Å². The van der Waals surface area contributed by atoms with Gasteiger partial charge in [0, 0.05) is 12.2 Å². The Balaban J connectivity index is 2.07. The van der Waals surface area contributed by atoms with Crippen LogP contribution in [0.15, 0.2) is 16.7 Å². The molecule has 2 unspecified atom stereocenters. The number of rotatable bonds is 2. The van der Waals surface area contributed by atoms with Gasteiger partial charge in [-0.15, -0.1) is 0 Å². The van der Waals surface area contributed by atoms with E-state index in [2.05, 4.69) is 47.0 Å². The van der Waals surface area contributed by atoms with Gasteiger partial charge in [0.15, 0.2) is 0 Å². The van der Waals surface area contributed by atoms with Crippen molar-refractivity contribution in [3.8, 4) is 0 Å². The van der Waals surface area contributed by atoms with E-state index in [1.165, 1.54) is 24.8 Å². The Kier molecular flexibility index (Phi) is 4.08. The van der Waals surface area contributed by atoms with Crippen molar-refractivity contribution in [2.24, 2.45) is 11.8 Å². The Hall–Kier alpha value is -0.570. The van der Waals surface area contributed by atoms with E-state index in [1.54, 1.807) is 0 Å². The highest BCUT2D eigenvalue weighted by Crippen LogP contribution is 2.32. The lowest BCUT2D eigenvalue weighted by Gasteiger charge is -2.32. The molecule has 1 fully saturated rings. The van der Waals surface area contributed by atoms with Crippen LogP contribution in [0.1, 0.15) is 38.7 Å². The molecule has 1 aliphatic carbocycles. The van der Waals surface area contributed by atoms with Gasteiger partial charge < -0.3 is 5.32 Å². The Morgan fingerprint density at radius 2 is 1.88 bits per heavy atom. The second-order valence-electron chi connectivity index (χ2n) is 5.55. The normalized spacial score (nSPS) is 29.1. The molecule has 1 heterocycles. The summed E-state index contributed by atoms with van der Waals surface area (Å²) in [6.45, 7) is 6.80. The van der Waals surface area contributed by atoms with Gasteiger partial charge in [0.25, 0.3) is 0 Å². The molecule has 2 atom stereocenters. The molecule has 2 nitrogen and oxygen atoms in total. The third kappa shape index (κ3) is 3.21. The van der Waals surface area contributed by atoms with Crippen molar-refractivity contribution >= 4 is 21.7 Å². The van der Waals surface area contributed by atoms with Crippen molar-refractivity contribution in [2.45, 2.75) is 46.1 Å². The number of nitrogens with one attached hydrogen (secondary N) is 1. The molecule has 1 N–H and O–H groups in total. The molecule has 1 aromatic heterocycles. The molecule has 2 rings (SSSR count). The molecule has 1 aliphatic rings. The van der Waals surface area contributed by atoms with Gasteiger partial charge in [0.2, 0.25) is 0 Å². The van der Waals surface area contributed by atoms with E-state index in [1.807, 2.05) is 12.3 Å². The maximum absolute atomic E-state index is 4.43. The highest BCUT2D eigenvalue weighted by Gasteiger charge is 2.24. The standard InChI is InChI=1S/C14H21BrN2/c1-9-6-10(2)8-12(7-9)17-14-13(15)11(3)4-5-16-14/h4-5,9-10,12H,6-8H2,1-3H3,(H,16,17). The van der Waals surface area contributed by atoms with E-state index in [9.17, 15) is 0 Å². The molecule has 0 spiro atoms. The van der Waals surface area contributed by atoms with Crippen LogP contribution in [-0.4, -0.2) is 11.0 Å². The molecular weight excluding hydrogens is 276 g/mol. The lowest BCUT2D eigenvalue weighted by Crippen LogP contribution is -2.30. The quantitative estimate of drug-likeness (QED) is 0.875. The van der Waals surface area contributed by atoms with Crippen molar-refractivity contribution < 1.29 is 0 Å². The van der Waals surface area contributed by atoms with E-state index in [0.29, 0.717) is 6.04 Å². The maximum atomic E-state index is 4.43. The first-order chi connectivity index (χ1) is 8.06. The van der Waals surface area contributed by atoms with Gasteiger partial charge in [-0.2, -0.15) is 0 Å². The Bertz CT molecular complexity index is 382. The van der Waals surface area contributed by atoms with E-state index in [-0.39, 0.29) is 0 Å². The Morgan fingerprint density at radius 3 is 2.53 bits per heavy atom. The minimum Gasteiger partial charge on any atom is -0.366 e. The number of anilines is 1. The van der Waals surface area contributed by atoms with Crippen molar-refractivity contribution in [3.05, 3.63) is 22.3 Å². The summed E-state index contributed by atoms with van der Waals surface area (Å²) in [7, 11) is 0. The summed E-state index contributed by atoms with van der Waals surface area (Å²) in [5.74, 6) is 2.64. The first-order valence-corrected chi connectivity index (χ1v) is 7.23. The highest BCUT2D eigenvalue weighted by molar-refractivity contribution is 9.10. The van der Waals surface area contributed by atoms with E-state index in [0.717, 1.165) is 22.1 Å². The van der Waals surface area contributed by atoms with Crippen LogP contribution in [-0.2, 0) is 0 Å². The van der Waals surface area contributed by atoms with Crippen LogP contribution >= 0.6 is 15.9 Å². The van der Waals surface area contributed by atoms with Gasteiger partial charge in [0.05, 0.1) is 4.47 Å². The summed E-state index contributed by atoms with van der Waals surface area (Å²) in [6.07, 6.45) is 5.75. The van der Waals surface area contributed by atoms with Gasteiger partial charge in [-0.1, -0.05) is 13.8 Å². The van der Waals surface area contributed by atoms with E-state index < -0.39 is 0 Å². The fourth-order valence-corrected chi connectivity index (χ4v) is 3.25. The maximum Gasteiger partial charge on any atom is 0.140 e. The van der Waals surface area contributed by atoms with Crippen LogP contribution in [0.2, 0.25) is 0 Å². The number of pyridine rings is 1. The zero-order chi connectivity index (χ0) is 12.4. The molecule has 0 bridgehead atoms. The summed E-state index contributed by atoms with van der Waals surface area (Å²) in [6, 6.07) is 2.60. The summed E-state index contributed by atoms with van der Waals surface area (Å²) in [5, 5.41) is 3.59. The van der Waals surface area contributed by atoms with Gasteiger partial charge >= 0.3 is 0 Å². The summed E-state index contributed by atoms with van der Waals surface area (Å²) >= 11 is 3.61. The van der Waals surface area contributed by atoms with Crippen molar-refractivity contribution in [1.29, 1.82) is 0 Å². The van der Waals surface area contributed by atoms with Crippen LogP contribution in [0.25, 0.3) is 0 Å². The number of hydrogen-bond donors (Lipinski definition) is 1. The number of nitrogens with zero attached hydrogens (tertiary/aromatic N) is 1. The first kappa shape index (κ1) is 12.9. The van der Waals surface area contributed by atoms with Gasteiger partial charge in [-0.3, -0.25) is 0 Å². The van der Waals surface area contributed by atoms with Crippen LogP contribution in [0.3, 0.4) is 0 Å². The third-order valence-electron chi connectivity index (χ3n) is 3.60. The second kappa shape index (κ2) is 5.38. The molecule has 0 saturated heterocycles. The van der Waals surface area contributed by atoms with Crippen molar-refractivity contribution in [3.63, 3.8) is 0 Å². The van der Waals surface area contributed by atoms with Gasteiger partial charge in [0.1, 0.15) is 5.82 Å². The third-order valence-corrected chi connectivity index (χ3v) is 4.60. The molecule has 3 heteroatoms. The average Bonchev–Trinajstić information content (AvgIpc) is 2.23. The molecule has 1 saturated carbocycles. The molecular formula is C14H21BrN2. The summed E-state index contributed by atoms with van der Waals surface area (Å²) in [5.41, 5.74) is 1.24. The van der Waals surface area contributed by atoms with Crippen LogP contribution in [0.5, 0.6) is 0 Å². The number of aromatic nitrogens is 1. The van der Waals surface area contributed by atoms with Crippen molar-refractivity contribution in [2.75, 3.05) is 5.32 Å². The van der Waals surface area contributed by atoms with Crippen LogP contribution in [0, 0.1) is 18.8 Å². The van der Waals surface area contributed by atoms with Crippen molar-refractivity contribution in [1.82, 2.24) is 4.98 Å². The summed E-state index contributed by atoms with van der Waals surface area (Å²) in [4.78, 5) is 4.43. The Morgan fingerprint density at radius 1 is 1.24 bits per heavy atom. The van der Waals surface area contributed by atoms with E-state index >= 15 is 0 Å². The SMILES string of the molecule is Cc1ccnc(NC2CC(C)CC(C)C2)c1Br. The molecule has 0 amide bonds. The second-order valence-corrected chi connectivity index (χ2v) is 6.34. The molecule has 0 radical (unpaired) electrons. The van der Waals surface area contributed by atoms with Gasteiger partial charge in [-0.05, 0) is 65.6 Å². The monoisotopic (exact) mass is 296 g/mol. The Labute approximate surface area is 112 Å². The fraction of sp³-hybridized carbons (Fsp3) is 0.643. The molecule has 0 aromatic carbocycles. The predicted octanol–water partition coefficient (Wildman–Crippen LogP) is 4.39. The zero-order valence-electron chi connectivity index (χ0n) is 10.8. The molecule has 17 heavy (non-hydrogen) atoms. The number of aryl methyl sites for hydroxylation is 1. The van der Waals surface area contributed by atoms with Gasteiger partial charge in [-0.25, -0.2) is 4.98 Å². The van der Waals surface area contributed by atoms with E-state index in [4.69, 9.17) is 0 Å². The minimum atomic E-state index is 0.569. The lowest BCUT2D eigenvalue weighted by molar-refractivity contribution is 0.280. The largest absolute Gasteiger partial charge is 0.366 e. The molecule has 0 aliphatic heterocycles. The highest BCUT2D eigenvalue weighted by atomic mass is 79.9. The molecule has 1 aromatic rings. The zero-order valence-corrected chi connectivity index (χ0v) is 12.4. The average molecular weight is 297 g/mol. The first-order valence-electron chi connectivity index (χ1n) is 6.44. The number of hydrogen-bond acceptors (Lipinski definition) is 2. The fourth-order valence-electron chi connectivity index (χ4n) is 2.90.